The first-order valence-electron chi connectivity index (χ1n) is 6.39. The number of aryl methyl sites for hydroxylation is 1. The summed E-state index contributed by atoms with van der Waals surface area (Å²) in [6, 6.07) is 5.13. The first-order valence-corrected chi connectivity index (χ1v) is 6.39. The summed E-state index contributed by atoms with van der Waals surface area (Å²) in [4.78, 5) is 0. The van der Waals surface area contributed by atoms with Gasteiger partial charge in [-0.25, -0.2) is 4.39 Å². The van der Waals surface area contributed by atoms with E-state index in [2.05, 4.69) is 5.32 Å². The van der Waals surface area contributed by atoms with Gasteiger partial charge >= 0.3 is 0 Å². The van der Waals surface area contributed by atoms with Crippen LogP contribution in [0.5, 0.6) is 0 Å². The fourth-order valence-electron chi connectivity index (χ4n) is 3.16. The molecule has 0 amide bonds. The maximum Gasteiger partial charge on any atom is 0.123 e. The zero-order chi connectivity index (χ0) is 12.8. The van der Waals surface area contributed by atoms with E-state index in [4.69, 9.17) is 4.74 Å². The van der Waals surface area contributed by atoms with Crippen molar-refractivity contribution in [3.63, 3.8) is 0 Å². The lowest BCUT2D eigenvalue weighted by molar-refractivity contribution is -0.0803. The zero-order valence-corrected chi connectivity index (χ0v) is 10.4. The smallest absolute Gasteiger partial charge is 0.123 e. The molecule has 3 nitrogen and oxygen atoms in total. The predicted molar refractivity (Wildman–Crippen MR) is 65.8 cm³/mol. The van der Waals surface area contributed by atoms with Crippen LogP contribution in [-0.2, 0) is 10.3 Å². The third-order valence-electron chi connectivity index (χ3n) is 3.86. The summed E-state index contributed by atoms with van der Waals surface area (Å²) in [6.45, 7) is 3.08. The normalized spacial score (nSPS) is 35.5. The van der Waals surface area contributed by atoms with Crippen LogP contribution in [0.1, 0.15) is 24.0 Å². The lowest BCUT2D eigenvalue weighted by Gasteiger charge is -2.45. The quantitative estimate of drug-likeness (QED) is 0.794. The molecule has 2 unspecified atom stereocenters. The highest BCUT2D eigenvalue weighted by molar-refractivity contribution is 5.30. The van der Waals surface area contributed by atoms with Crippen LogP contribution in [0.4, 0.5) is 4.39 Å². The van der Waals surface area contributed by atoms with Crippen LogP contribution >= 0.6 is 0 Å². The van der Waals surface area contributed by atoms with Gasteiger partial charge in [-0.2, -0.15) is 0 Å². The van der Waals surface area contributed by atoms with Crippen LogP contribution in [0.25, 0.3) is 0 Å². The first kappa shape index (κ1) is 12.1. The van der Waals surface area contributed by atoms with Gasteiger partial charge in [0.15, 0.2) is 0 Å². The molecule has 98 valence electrons. The molecule has 2 aliphatic rings. The zero-order valence-electron chi connectivity index (χ0n) is 10.4. The highest BCUT2D eigenvalue weighted by Crippen LogP contribution is 2.37. The van der Waals surface area contributed by atoms with Crippen molar-refractivity contribution >= 4 is 0 Å². The SMILES string of the molecule is Cc1cc(F)cc(C2(O)CC3COCC(C2)N3)c1. The molecule has 0 aliphatic carbocycles. The fraction of sp³-hybridized carbons (Fsp3) is 0.571. The number of aliphatic hydroxyl groups is 1. The second-order valence-corrected chi connectivity index (χ2v) is 5.56. The Morgan fingerprint density at radius 2 is 1.94 bits per heavy atom. The molecule has 4 heteroatoms. The molecule has 1 aromatic rings. The van der Waals surface area contributed by atoms with Gasteiger partial charge in [0.25, 0.3) is 0 Å². The highest BCUT2D eigenvalue weighted by atomic mass is 19.1. The minimum atomic E-state index is -0.933. The van der Waals surface area contributed by atoms with Crippen molar-refractivity contribution in [2.45, 2.75) is 37.5 Å². The number of ether oxygens (including phenoxy) is 1. The lowest BCUT2D eigenvalue weighted by Crippen LogP contribution is -2.58. The average Bonchev–Trinajstić information content (AvgIpc) is 2.26. The summed E-state index contributed by atoms with van der Waals surface area (Å²) in [7, 11) is 0. The van der Waals surface area contributed by atoms with Gasteiger partial charge in [-0.15, -0.1) is 0 Å². The maximum absolute atomic E-state index is 13.5. The second kappa shape index (κ2) is 4.30. The van der Waals surface area contributed by atoms with Crippen molar-refractivity contribution in [1.82, 2.24) is 5.32 Å². The number of benzene rings is 1. The van der Waals surface area contributed by atoms with Crippen LogP contribution in [0.2, 0.25) is 0 Å². The van der Waals surface area contributed by atoms with Crippen molar-refractivity contribution < 1.29 is 14.2 Å². The van der Waals surface area contributed by atoms with E-state index in [1.165, 1.54) is 12.1 Å². The molecule has 0 aromatic heterocycles. The minimum absolute atomic E-state index is 0.158. The summed E-state index contributed by atoms with van der Waals surface area (Å²) in [5.41, 5.74) is 0.605. The van der Waals surface area contributed by atoms with E-state index in [1.807, 2.05) is 13.0 Å². The molecule has 3 rings (SSSR count). The molecule has 0 spiro atoms. The predicted octanol–water partition coefficient (Wildman–Crippen LogP) is 1.47. The van der Waals surface area contributed by atoms with Gasteiger partial charge in [0.2, 0.25) is 0 Å². The number of piperidine rings is 1. The fourth-order valence-corrected chi connectivity index (χ4v) is 3.16. The standard InChI is InChI=1S/C14H18FNO2/c1-9-2-10(4-11(15)3-9)14(17)5-12-7-18-8-13(6-14)16-12/h2-4,12-13,16-17H,5-8H2,1H3. The van der Waals surface area contributed by atoms with Crippen molar-refractivity contribution in [3.8, 4) is 0 Å². The number of morpholine rings is 1. The summed E-state index contributed by atoms with van der Waals surface area (Å²) in [5.74, 6) is -0.279. The first-order chi connectivity index (χ1) is 8.55. The van der Waals surface area contributed by atoms with E-state index < -0.39 is 5.60 Å². The molecule has 2 N–H and O–H groups in total. The largest absolute Gasteiger partial charge is 0.385 e. The second-order valence-electron chi connectivity index (χ2n) is 5.56. The van der Waals surface area contributed by atoms with E-state index in [-0.39, 0.29) is 17.9 Å². The van der Waals surface area contributed by atoms with E-state index in [9.17, 15) is 9.50 Å². The molecule has 2 fully saturated rings. The monoisotopic (exact) mass is 251 g/mol. The van der Waals surface area contributed by atoms with Crippen LogP contribution < -0.4 is 5.32 Å². The summed E-state index contributed by atoms with van der Waals surface area (Å²) < 4.78 is 19.0. The Labute approximate surface area is 106 Å². The van der Waals surface area contributed by atoms with Gasteiger partial charge in [-0.3, -0.25) is 0 Å². The number of rotatable bonds is 1. The van der Waals surface area contributed by atoms with E-state index in [0.717, 1.165) is 5.56 Å². The molecule has 2 heterocycles. The third kappa shape index (κ3) is 2.16. The molecule has 2 atom stereocenters. The molecule has 0 radical (unpaired) electrons. The summed E-state index contributed by atoms with van der Waals surface area (Å²) >= 11 is 0. The summed E-state index contributed by atoms with van der Waals surface area (Å²) in [5, 5.41) is 14.3. The molecule has 0 saturated carbocycles. The van der Waals surface area contributed by atoms with Gasteiger partial charge in [-0.1, -0.05) is 6.07 Å². The molecule has 2 bridgehead atoms. The number of nitrogens with one attached hydrogen (secondary N) is 1. The molecular formula is C14H18FNO2. The van der Waals surface area contributed by atoms with Crippen LogP contribution in [0.15, 0.2) is 18.2 Å². The van der Waals surface area contributed by atoms with Gasteiger partial charge in [-0.05, 0) is 43.0 Å². The summed E-state index contributed by atoms with van der Waals surface area (Å²) in [6.07, 6.45) is 1.15. The van der Waals surface area contributed by atoms with Crippen molar-refractivity contribution in [3.05, 3.63) is 35.1 Å². The Balaban J connectivity index is 1.93. The number of hydrogen-bond donors (Lipinski definition) is 2. The lowest BCUT2D eigenvalue weighted by atomic mass is 9.78. The Bertz CT molecular complexity index is 431. The highest BCUT2D eigenvalue weighted by Gasteiger charge is 2.42. The number of hydrogen-bond acceptors (Lipinski definition) is 3. The molecule has 2 saturated heterocycles. The average molecular weight is 251 g/mol. The number of halogens is 1. The molecule has 18 heavy (non-hydrogen) atoms. The van der Waals surface area contributed by atoms with E-state index in [0.29, 0.717) is 31.6 Å². The Morgan fingerprint density at radius 3 is 2.56 bits per heavy atom. The van der Waals surface area contributed by atoms with Crippen LogP contribution in [-0.4, -0.2) is 30.4 Å². The van der Waals surface area contributed by atoms with Crippen molar-refractivity contribution in [1.29, 1.82) is 0 Å². The van der Waals surface area contributed by atoms with Gasteiger partial charge in [0, 0.05) is 12.1 Å². The maximum atomic E-state index is 13.5. The van der Waals surface area contributed by atoms with Crippen molar-refractivity contribution in [2.75, 3.05) is 13.2 Å². The Kier molecular flexibility index (Phi) is 2.88. The van der Waals surface area contributed by atoms with E-state index in [1.54, 1.807) is 0 Å². The third-order valence-corrected chi connectivity index (χ3v) is 3.86. The molecular weight excluding hydrogens is 233 g/mol. The Hall–Kier alpha value is -0.970. The Morgan fingerprint density at radius 1 is 1.28 bits per heavy atom. The minimum Gasteiger partial charge on any atom is -0.385 e. The molecule has 2 aliphatic heterocycles. The van der Waals surface area contributed by atoms with Crippen LogP contribution in [0.3, 0.4) is 0 Å². The van der Waals surface area contributed by atoms with Gasteiger partial charge in [0.1, 0.15) is 5.82 Å². The number of fused-ring (bicyclic) bond motifs is 2. The van der Waals surface area contributed by atoms with Gasteiger partial charge < -0.3 is 15.2 Å². The van der Waals surface area contributed by atoms with Gasteiger partial charge in [0.05, 0.1) is 18.8 Å². The van der Waals surface area contributed by atoms with Crippen LogP contribution in [0, 0.1) is 12.7 Å². The van der Waals surface area contributed by atoms with Crippen molar-refractivity contribution in [2.24, 2.45) is 0 Å². The van der Waals surface area contributed by atoms with E-state index >= 15 is 0 Å². The topological polar surface area (TPSA) is 41.5 Å². The molecule has 1 aromatic carbocycles.